The van der Waals surface area contributed by atoms with Gasteiger partial charge in [-0.2, -0.15) is 13.2 Å². The Kier molecular flexibility index (Phi) is 4.78. The fourth-order valence-electron chi connectivity index (χ4n) is 2.80. The quantitative estimate of drug-likeness (QED) is 0.930. The molecule has 0 spiro atoms. The van der Waals surface area contributed by atoms with Crippen LogP contribution in [0.2, 0.25) is 0 Å². The van der Waals surface area contributed by atoms with Crippen molar-refractivity contribution < 1.29 is 18.3 Å². The average Bonchev–Trinajstić information content (AvgIpc) is 2.45. The molecule has 1 fully saturated rings. The Hall–Kier alpha value is -1.27. The van der Waals surface area contributed by atoms with Crippen molar-refractivity contribution in [2.75, 3.05) is 32.1 Å². The molecule has 1 aromatic carbocycles. The number of benzene rings is 1. The van der Waals surface area contributed by atoms with Crippen LogP contribution in [-0.4, -0.2) is 43.2 Å². The van der Waals surface area contributed by atoms with Gasteiger partial charge in [-0.25, -0.2) is 0 Å². The van der Waals surface area contributed by atoms with Gasteiger partial charge in [0.05, 0.1) is 12.2 Å². The van der Waals surface area contributed by atoms with E-state index in [-0.39, 0.29) is 5.56 Å². The monoisotopic (exact) mass is 302 g/mol. The highest BCUT2D eigenvalue weighted by molar-refractivity contribution is 5.52. The summed E-state index contributed by atoms with van der Waals surface area (Å²) in [5, 5.41) is 9.06. The minimum Gasteiger partial charge on any atom is -0.392 e. The highest BCUT2D eigenvalue weighted by atomic mass is 19.4. The lowest BCUT2D eigenvalue weighted by Crippen LogP contribution is -2.42. The molecule has 1 aliphatic rings. The van der Waals surface area contributed by atoms with E-state index in [4.69, 9.17) is 5.11 Å². The summed E-state index contributed by atoms with van der Waals surface area (Å²) in [6.07, 6.45) is -2.55. The Balaban J connectivity index is 2.18. The summed E-state index contributed by atoms with van der Waals surface area (Å²) in [6.45, 7) is 0.898. The minimum atomic E-state index is -4.43. The zero-order valence-corrected chi connectivity index (χ0v) is 12.3. The van der Waals surface area contributed by atoms with Gasteiger partial charge in [0.15, 0.2) is 0 Å². The molecule has 0 amide bonds. The number of halogens is 3. The number of aliphatic hydroxyl groups is 1. The van der Waals surface area contributed by atoms with Gasteiger partial charge in [-0.05, 0) is 44.6 Å². The summed E-state index contributed by atoms with van der Waals surface area (Å²) in [5.74, 6) is 0. The second-order valence-electron chi connectivity index (χ2n) is 5.68. The molecule has 118 valence electrons. The van der Waals surface area contributed by atoms with Crippen molar-refractivity contribution in [2.24, 2.45) is 0 Å². The molecule has 0 unspecified atom stereocenters. The number of hydrogen-bond donors (Lipinski definition) is 1. The third-order valence-electron chi connectivity index (χ3n) is 4.13. The van der Waals surface area contributed by atoms with Gasteiger partial charge >= 0.3 is 6.18 Å². The van der Waals surface area contributed by atoms with Crippen LogP contribution in [0.3, 0.4) is 0 Å². The summed E-state index contributed by atoms with van der Waals surface area (Å²) in [5.41, 5.74) is -0.233. The third-order valence-corrected chi connectivity index (χ3v) is 4.13. The zero-order chi connectivity index (χ0) is 15.6. The molecular weight excluding hydrogens is 281 g/mol. The van der Waals surface area contributed by atoms with Crippen LogP contribution in [0.4, 0.5) is 18.9 Å². The minimum absolute atomic E-state index is 0.0746. The van der Waals surface area contributed by atoms with Crippen molar-refractivity contribution in [3.63, 3.8) is 0 Å². The van der Waals surface area contributed by atoms with Crippen LogP contribution in [0.5, 0.6) is 0 Å². The predicted molar refractivity (Wildman–Crippen MR) is 76.3 cm³/mol. The lowest BCUT2D eigenvalue weighted by atomic mass is 10.0. The number of aliphatic hydroxyl groups excluding tert-OH is 1. The number of nitrogens with zero attached hydrogens (tertiary/aromatic N) is 2. The van der Waals surface area contributed by atoms with E-state index in [2.05, 4.69) is 4.90 Å². The van der Waals surface area contributed by atoms with Crippen molar-refractivity contribution >= 4 is 5.69 Å². The predicted octanol–water partition coefficient (Wildman–Crippen LogP) is 2.73. The maximum Gasteiger partial charge on any atom is 0.416 e. The van der Waals surface area contributed by atoms with E-state index < -0.39 is 18.3 Å². The van der Waals surface area contributed by atoms with Crippen LogP contribution in [0, 0.1) is 0 Å². The summed E-state index contributed by atoms with van der Waals surface area (Å²) >= 11 is 0. The SMILES string of the molecule is CN(C)C1CCN(c2ccc(CO)c(C(F)(F)F)c2)CC1. The lowest BCUT2D eigenvalue weighted by molar-refractivity contribution is -0.138. The number of rotatable bonds is 3. The van der Waals surface area contributed by atoms with Crippen molar-refractivity contribution in [1.29, 1.82) is 0 Å². The summed E-state index contributed by atoms with van der Waals surface area (Å²) in [6, 6.07) is 4.68. The molecule has 1 heterocycles. The van der Waals surface area contributed by atoms with Crippen LogP contribution in [0.15, 0.2) is 18.2 Å². The Morgan fingerprint density at radius 2 is 1.86 bits per heavy atom. The zero-order valence-electron chi connectivity index (χ0n) is 12.3. The third kappa shape index (κ3) is 3.68. The van der Waals surface area contributed by atoms with E-state index in [0.29, 0.717) is 11.7 Å². The fourth-order valence-corrected chi connectivity index (χ4v) is 2.80. The van der Waals surface area contributed by atoms with Crippen molar-refractivity contribution in [2.45, 2.75) is 31.7 Å². The molecule has 0 atom stereocenters. The molecule has 0 radical (unpaired) electrons. The molecule has 21 heavy (non-hydrogen) atoms. The first-order valence-electron chi connectivity index (χ1n) is 7.05. The Bertz CT molecular complexity index is 480. The fraction of sp³-hybridized carbons (Fsp3) is 0.600. The van der Waals surface area contributed by atoms with Gasteiger partial charge in [-0.3, -0.25) is 0 Å². The van der Waals surface area contributed by atoms with Crippen LogP contribution >= 0.6 is 0 Å². The van der Waals surface area contributed by atoms with Crippen molar-refractivity contribution in [3.8, 4) is 0 Å². The highest BCUT2D eigenvalue weighted by Crippen LogP contribution is 2.35. The molecule has 1 aromatic rings. The topological polar surface area (TPSA) is 26.7 Å². The molecular formula is C15H21F3N2O. The average molecular weight is 302 g/mol. The summed E-state index contributed by atoms with van der Waals surface area (Å²) < 4.78 is 39.0. The van der Waals surface area contributed by atoms with Crippen LogP contribution in [0.1, 0.15) is 24.0 Å². The molecule has 1 saturated heterocycles. The summed E-state index contributed by atoms with van der Waals surface area (Å²) in [4.78, 5) is 4.14. The molecule has 1 N–H and O–H groups in total. The van der Waals surface area contributed by atoms with E-state index in [0.717, 1.165) is 32.0 Å². The first-order chi connectivity index (χ1) is 9.82. The highest BCUT2D eigenvalue weighted by Gasteiger charge is 2.34. The standard InChI is InChI=1S/C15H21F3N2O/c1-19(2)12-5-7-20(8-6-12)13-4-3-11(10-21)14(9-13)15(16,17)18/h3-4,9,12,21H,5-8,10H2,1-2H3. The normalized spacial score (nSPS) is 17.6. The van der Waals surface area contributed by atoms with Gasteiger partial charge in [0.1, 0.15) is 0 Å². The second-order valence-corrected chi connectivity index (χ2v) is 5.68. The smallest absolute Gasteiger partial charge is 0.392 e. The number of anilines is 1. The van der Waals surface area contributed by atoms with E-state index in [1.807, 2.05) is 19.0 Å². The Morgan fingerprint density at radius 3 is 2.33 bits per heavy atom. The Labute approximate surface area is 123 Å². The van der Waals surface area contributed by atoms with Crippen molar-refractivity contribution in [3.05, 3.63) is 29.3 Å². The largest absolute Gasteiger partial charge is 0.416 e. The van der Waals surface area contributed by atoms with Crippen LogP contribution < -0.4 is 4.90 Å². The van der Waals surface area contributed by atoms with Crippen LogP contribution in [-0.2, 0) is 12.8 Å². The number of hydrogen-bond acceptors (Lipinski definition) is 3. The van der Waals surface area contributed by atoms with E-state index >= 15 is 0 Å². The van der Waals surface area contributed by atoms with E-state index in [1.165, 1.54) is 6.07 Å². The van der Waals surface area contributed by atoms with Gasteiger partial charge < -0.3 is 14.9 Å². The molecule has 0 bridgehead atoms. The number of alkyl halides is 3. The second kappa shape index (κ2) is 6.23. The number of piperidine rings is 1. The first kappa shape index (κ1) is 16.1. The van der Waals surface area contributed by atoms with Crippen molar-refractivity contribution in [1.82, 2.24) is 4.90 Å². The molecule has 6 heteroatoms. The van der Waals surface area contributed by atoms with Gasteiger partial charge in [-0.1, -0.05) is 6.07 Å². The lowest BCUT2D eigenvalue weighted by Gasteiger charge is -2.36. The van der Waals surface area contributed by atoms with Gasteiger partial charge in [0.2, 0.25) is 0 Å². The molecule has 0 aliphatic carbocycles. The molecule has 1 aliphatic heterocycles. The van der Waals surface area contributed by atoms with Gasteiger partial charge in [0.25, 0.3) is 0 Å². The summed E-state index contributed by atoms with van der Waals surface area (Å²) in [7, 11) is 4.05. The maximum atomic E-state index is 13.0. The maximum absolute atomic E-state index is 13.0. The van der Waals surface area contributed by atoms with E-state index in [9.17, 15) is 13.2 Å². The Morgan fingerprint density at radius 1 is 1.24 bits per heavy atom. The van der Waals surface area contributed by atoms with E-state index in [1.54, 1.807) is 6.07 Å². The van der Waals surface area contributed by atoms with Gasteiger partial charge in [0, 0.05) is 24.8 Å². The molecule has 0 saturated carbocycles. The molecule has 0 aromatic heterocycles. The molecule has 2 rings (SSSR count). The van der Waals surface area contributed by atoms with Gasteiger partial charge in [-0.15, -0.1) is 0 Å². The first-order valence-corrected chi connectivity index (χ1v) is 7.05. The molecule has 3 nitrogen and oxygen atoms in total. The van der Waals surface area contributed by atoms with Crippen LogP contribution in [0.25, 0.3) is 0 Å².